The molecule has 5 heteroatoms. The third-order valence-corrected chi connectivity index (χ3v) is 5.29. The number of carbonyl (C=O) groups excluding carboxylic acids is 1. The van der Waals surface area contributed by atoms with E-state index in [-0.39, 0.29) is 5.92 Å². The number of aromatic nitrogens is 2. The first-order chi connectivity index (χ1) is 14.3. The van der Waals surface area contributed by atoms with Crippen LogP contribution in [0.15, 0.2) is 66.8 Å². The van der Waals surface area contributed by atoms with Gasteiger partial charge in [-0.25, -0.2) is 4.98 Å². The molecule has 1 unspecified atom stereocenters. The number of fused-ring (bicyclic) bond motifs is 1. The first-order valence-electron chi connectivity index (χ1n) is 9.78. The van der Waals surface area contributed by atoms with Gasteiger partial charge in [0.25, 0.3) is 0 Å². The topological polar surface area (TPSA) is 53.4 Å². The summed E-state index contributed by atoms with van der Waals surface area (Å²) in [6, 6.07) is 14.0. The second-order valence-electron chi connectivity index (χ2n) is 7.12. The van der Waals surface area contributed by atoms with Crippen LogP contribution in [0, 0.1) is 0 Å². The zero-order chi connectivity index (χ0) is 20.1. The van der Waals surface area contributed by atoms with E-state index in [1.807, 2.05) is 47.2 Å². The average molecular weight is 388 g/mol. The predicted molar refractivity (Wildman–Crippen MR) is 112 cm³/mol. The van der Waals surface area contributed by atoms with Crippen molar-refractivity contribution in [2.24, 2.45) is 0 Å². The number of ether oxygens (including phenoxy) is 2. The highest BCUT2D eigenvalue weighted by Crippen LogP contribution is 2.37. The first-order valence-corrected chi connectivity index (χ1v) is 9.78. The van der Waals surface area contributed by atoms with E-state index in [1.165, 1.54) is 5.56 Å². The van der Waals surface area contributed by atoms with E-state index < -0.39 is 0 Å². The Morgan fingerprint density at radius 2 is 2.10 bits per heavy atom. The lowest BCUT2D eigenvalue weighted by molar-refractivity contribution is -0.108. The molecule has 0 saturated carbocycles. The highest BCUT2D eigenvalue weighted by molar-refractivity contribution is 5.74. The number of hydrogen-bond donors (Lipinski definition) is 0. The van der Waals surface area contributed by atoms with Gasteiger partial charge in [-0.15, -0.1) is 0 Å². The SMILES string of the molecule is COc1cccc(/C=C2\CCc3cc(OCCn4ccnc4)ccc3C2C=O)c1. The maximum Gasteiger partial charge on any atom is 0.131 e. The number of imidazole rings is 1. The highest BCUT2D eigenvalue weighted by Gasteiger charge is 2.24. The number of aryl methyl sites for hydroxylation is 1. The fraction of sp³-hybridized carbons (Fsp3) is 0.250. The zero-order valence-electron chi connectivity index (χ0n) is 16.5. The number of aldehydes is 1. The molecule has 29 heavy (non-hydrogen) atoms. The number of nitrogens with zero attached hydrogens (tertiary/aromatic N) is 2. The molecule has 0 radical (unpaired) electrons. The lowest BCUT2D eigenvalue weighted by atomic mass is 9.79. The van der Waals surface area contributed by atoms with E-state index in [2.05, 4.69) is 17.1 Å². The van der Waals surface area contributed by atoms with E-state index in [0.29, 0.717) is 6.61 Å². The molecule has 3 aromatic rings. The molecule has 0 bridgehead atoms. The van der Waals surface area contributed by atoms with Crippen molar-refractivity contribution in [3.05, 3.63) is 83.4 Å². The number of benzene rings is 2. The quantitative estimate of drug-likeness (QED) is 0.567. The van der Waals surface area contributed by atoms with Gasteiger partial charge >= 0.3 is 0 Å². The van der Waals surface area contributed by atoms with Gasteiger partial charge in [-0.3, -0.25) is 0 Å². The van der Waals surface area contributed by atoms with Crippen LogP contribution in [0.3, 0.4) is 0 Å². The Morgan fingerprint density at radius 3 is 2.90 bits per heavy atom. The van der Waals surface area contributed by atoms with Gasteiger partial charge in [0, 0.05) is 12.4 Å². The summed E-state index contributed by atoms with van der Waals surface area (Å²) in [4.78, 5) is 16.0. The van der Waals surface area contributed by atoms with Crippen LogP contribution in [0.5, 0.6) is 11.5 Å². The fourth-order valence-electron chi connectivity index (χ4n) is 3.78. The Morgan fingerprint density at radius 1 is 1.17 bits per heavy atom. The predicted octanol–water partition coefficient (Wildman–Crippen LogP) is 4.28. The van der Waals surface area contributed by atoms with Crippen molar-refractivity contribution in [2.75, 3.05) is 13.7 Å². The van der Waals surface area contributed by atoms with Gasteiger partial charge in [0.2, 0.25) is 0 Å². The lowest BCUT2D eigenvalue weighted by Gasteiger charge is -2.25. The van der Waals surface area contributed by atoms with Crippen molar-refractivity contribution in [1.29, 1.82) is 0 Å². The molecule has 2 aromatic carbocycles. The van der Waals surface area contributed by atoms with E-state index >= 15 is 0 Å². The first kappa shape index (κ1) is 19.0. The number of hydrogen-bond acceptors (Lipinski definition) is 4. The van der Waals surface area contributed by atoms with Crippen molar-refractivity contribution in [3.63, 3.8) is 0 Å². The normalized spacial score (nSPS) is 17.0. The number of rotatable bonds is 7. The minimum Gasteiger partial charge on any atom is -0.497 e. The Bertz CT molecular complexity index is 1010. The van der Waals surface area contributed by atoms with Crippen LogP contribution in [-0.2, 0) is 17.8 Å². The summed E-state index contributed by atoms with van der Waals surface area (Å²) in [7, 11) is 1.66. The second-order valence-corrected chi connectivity index (χ2v) is 7.12. The van der Waals surface area contributed by atoms with Gasteiger partial charge in [-0.2, -0.15) is 0 Å². The molecule has 0 amide bonds. The van der Waals surface area contributed by atoms with Crippen molar-refractivity contribution in [1.82, 2.24) is 9.55 Å². The van der Waals surface area contributed by atoms with Crippen LogP contribution in [0.1, 0.15) is 29.0 Å². The molecule has 0 spiro atoms. The molecule has 1 atom stereocenters. The summed E-state index contributed by atoms with van der Waals surface area (Å²) in [6.07, 6.45) is 10.4. The van der Waals surface area contributed by atoms with E-state index in [1.54, 1.807) is 19.6 Å². The van der Waals surface area contributed by atoms with Crippen LogP contribution in [0.25, 0.3) is 6.08 Å². The fourth-order valence-corrected chi connectivity index (χ4v) is 3.78. The van der Waals surface area contributed by atoms with E-state index in [4.69, 9.17) is 9.47 Å². The van der Waals surface area contributed by atoms with Crippen molar-refractivity contribution in [3.8, 4) is 11.5 Å². The molecule has 0 N–H and O–H groups in total. The van der Waals surface area contributed by atoms with Gasteiger partial charge in [0.15, 0.2) is 0 Å². The Balaban J connectivity index is 1.50. The van der Waals surface area contributed by atoms with Crippen molar-refractivity contribution in [2.45, 2.75) is 25.3 Å². The Labute approximate surface area is 170 Å². The number of carbonyl (C=O) groups is 1. The molecule has 1 aromatic heterocycles. The largest absolute Gasteiger partial charge is 0.497 e. The minimum absolute atomic E-state index is 0.218. The Hall–Kier alpha value is -3.34. The van der Waals surface area contributed by atoms with Crippen LogP contribution < -0.4 is 9.47 Å². The van der Waals surface area contributed by atoms with E-state index in [9.17, 15) is 4.79 Å². The van der Waals surface area contributed by atoms with Gasteiger partial charge in [0.05, 0.1) is 25.9 Å². The zero-order valence-corrected chi connectivity index (χ0v) is 16.5. The lowest BCUT2D eigenvalue weighted by Crippen LogP contribution is -2.14. The molecule has 4 rings (SSSR count). The van der Waals surface area contributed by atoms with Crippen LogP contribution >= 0.6 is 0 Å². The van der Waals surface area contributed by atoms with Crippen LogP contribution in [0.4, 0.5) is 0 Å². The molecular formula is C24H24N2O3. The molecular weight excluding hydrogens is 364 g/mol. The Kier molecular flexibility index (Phi) is 5.75. The highest BCUT2D eigenvalue weighted by atomic mass is 16.5. The van der Waals surface area contributed by atoms with Gasteiger partial charge in [-0.05, 0) is 53.8 Å². The van der Waals surface area contributed by atoms with Gasteiger partial charge in [0.1, 0.15) is 24.4 Å². The maximum absolute atomic E-state index is 11.9. The number of allylic oxidation sites excluding steroid dienone is 1. The molecule has 5 nitrogen and oxygen atoms in total. The summed E-state index contributed by atoms with van der Waals surface area (Å²) < 4.78 is 13.2. The van der Waals surface area contributed by atoms with Crippen molar-refractivity contribution >= 4 is 12.4 Å². The summed E-state index contributed by atoms with van der Waals surface area (Å²) in [5, 5.41) is 0. The molecule has 0 saturated heterocycles. The smallest absolute Gasteiger partial charge is 0.131 e. The van der Waals surface area contributed by atoms with Gasteiger partial charge in [-0.1, -0.05) is 29.8 Å². The van der Waals surface area contributed by atoms with Crippen molar-refractivity contribution < 1.29 is 14.3 Å². The van der Waals surface area contributed by atoms with Gasteiger partial charge < -0.3 is 18.8 Å². The molecule has 0 fully saturated rings. The second kappa shape index (κ2) is 8.78. The summed E-state index contributed by atoms with van der Waals surface area (Å²) >= 11 is 0. The third kappa shape index (κ3) is 4.40. The van der Waals surface area contributed by atoms with E-state index in [0.717, 1.165) is 53.9 Å². The summed E-state index contributed by atoms with van der Waals surface area (Å²) in [6.45, 7) is 1.33. The average Bonchev–Trinajstić information content (AvgIpc) is 3.27. The molecule has 1 aliphatic carbocycles. The maximum atomic E-state index is 11.9. The molecule has 1 heterocycles. The molecule has 0 aliphatic heterocycles. The standard InChI is InChI=1S/C24H24N2O3/c1-28-21-4-2-3-18(14-21)13-19-5-6-20-15-22(7-8-23(20)24(19)16-27)29-12-11-26-10-9-25-17-26/h2-4,7-10,13-17,24H,5-6,11-12H2,1H3/b19-13+. The van der Waals surface area contributed by atoms with Crippen LogP contribution in [0.2, 0.25) is 0 Å². The van der Waals surface area contributed by atoms with Crippen LogP contribution in [-0.4, -0.2) is 29.6 Å². The minimum atomic E-state index is -0.218. The molecule has 148 valence electrons. The monoisotopic (exact) mass is 388 g/mol. The third-order valence-electron chi connectivity index (χ3n) is 5.29. The summed E-state index contributed by atoms with van der Waals surface area (Å²) in [5.74, 6) is 1.44. The summed E-state index contributed by atoms with van der Waals surface area (Å²) in [5.41, 5.74) is 4.44. The number of methoxy groups -OCH3 is 1. The molecule has 1 aliphatic rings.